The van der Waals surface area contributed by atoms with Crippen molar-refractivity contribution in [3.63, 3.8) is 0 Å². The summed E-state index contributed by atoms with van der Waals surface area (Å²) in [5.74, 6) is -0.347. The van der Waals surface area contributed by atoms with Gasteiger partial charge in [-0.25, -0.2) is 0 Å². The fourth-order valence-electron chi connectivity index (χ4n) is 0.949. The maximum atomic E-state index is 11.4. The van der Waals surface area contributed by atoms with Crippen LogP contribution in [0.25, 0.3) is 0 Å². The van der Waals surface area contributed by atoms with Crippen LogP contribution in [-0.4, -0.2) is 50.4 Å². The summed E-state index contributed by atoms with van der Waals surface area (Å²) in [7, 11) is 3.18. The van der Waals surface area contributed by atoms with Crippen LogP contribution >= 0.6 is 0 Å². The SMILES string of the molecule is CCNCCC(=O)N(C)C(=O)CNC. The van der Waals surface area contributed by atoms with Gasteiger partial charge in [0.2, 0.25) is 11.8 Å². The van der Waals surface area contributed by atoms with Gasteiger partial charge >= 0.3 is 0 Å². The minimum absolute atomic E-state index is 0.147. The maximum absolute atomic E-state index is 11.4. The quantitative estimate of drug-likeness (QED) is 0.552. The number of nitrogens with zero attached hydrogens (tertiary/aromatic N) is 1. The molecular formula is C9H19N3O2. The highest BCUT2D eigenvalue weighted by Crippen LogP contribution is 1.90. The summed E-state index contributed by atoms with van der Waals surface area (Å²) in [4.78, 5) is 23.8. The molecule has 0 atom stereocenters. The lowest BCUT2D eigenvalue weighted by Gasteiger charge is -2.14. The van der Waals surface area contributed by atoms with Gasteiger partial charge in [-0.1, -0.05) is 6.92 Å². The number of rotatable bonds is 6. The standard InChI is InChI=1S/C9H19N3O2/c1-4-11-6-5-8(13)12(3)9(14)7-10-2/h10-11H,4-7H2,1-3H3. The Labute approximate surface area is 84.8 Å². The molecule has 5 heteroatoms. The Hall–Kier alpha value is -0.940. The van der Waals surface area contributed by atoms with Gasteiger partial charge in [0, 0.05) is 20.0 Å². The average molecular weight is 201 g/mol. The number of carbonyl (C=O) groups is 2. The van der Waals surface area contributed by atoms with Gasteiger partial charge in [0.05, 0.1) is 6.54 Å². The van der Waals surface area contributed by atoms with Crippen molar-refractivity contribution in [3.05, 3.63) is 0 Å². The lowest BCUT2D eigenvalue weighted by atomic mass is 10.3. The Morgan fingerprint density at radius 1 is 1.29 bits per heavy atom. The second-order valence-electron chi connectivity index (χ2n) is 2.98. The average Bonchev–Trinajstić information content (AvgIpc) is 2.17. The molecule has 0 fully saturated rings. The van der Waals surface area contributed by atoms with Gasteiger partial charge in [0.25, 0.3) is 0 Å². The molecule has 0 bridgehead atoms. The predicted octanol–water partition coefficient (Wildman–Crippen LogP) is -0.810. The molecule has 0 heterocycles. The second kappa shape index (κ2) is 7.46. The highest BCUT2D eigenvalue weighted by atomic mass is 16.2. The molecule has 5 nitrogen and oxygen atoms in total. The first kappa shape index (κ1) is 13.1. The van der Waals surface area contributed by atoms with Crippen molar-refractivity contribution in [2.75, 3.05) is 33.7 Å². The first-order chi connectivity index (χ1) is 6.63. The van der Waals surface area contributed by atoms with E-state index in [1.54, 1.807) is 7.05 Å². The minimum atomic E-state index is -0.200. The van der Waals surface area contributed by atoms with Crippen LogP contribution < -0.4 is 10.6 Å². The molecule has 0 aliphatic carbocycles. The van der Waals surface area contributed by atoms with E-state index in [-0.39, 0.29) is 18.4 Å². The molecule has 0 aliphatic heterocycles. The predicted molar refractivity (Wildman–Crippen MR) is 54.9 cm³/mol. The lowest BCUT2D eigenvalue weighted by molar-refractivity contribution is -0.142. The van der Waals surface area contributed by atoms with E-state index in [0.29, 0.717) is 13.0 Å². The molecule has 0 aromatic carbocycles. The highest BCUT2D eigenvalue weighted by molar-refractivity contribution is 5.95. The summed E-state index contributed by atoms with van der Waals surface area (Å²) >= 11 is 0. The van der Waals surface area contributed by atoms with Crippen molar-refractivity contribution in [3.8, 4) is 0 Å². The third-order valence-electron chi connectivity index (χ3n) is 1.84. The van der Waals surface area contributed by atoms with Crippen molar-refractivity contribution >= 4 is 11.8 Å². The molecule has 82 valence electrons. The van der Waals surface area contributed by atoms with Crippen LogP contribution in [0.3, 0.4) is 0 Å². The highest BCUT2D eigenvalue weighted by Gasteiger charge is 2.14. The number of hydrogen-bond donors (Lipinski definition) is 2. The summed E-state index contributed by atoms with van der Waals surface area (Å²) in [5, 5.41) is 5.74. The van der Waals surface area contributed by atoms with Crippen LogP contribution in [0.5, 0.6) is 0 Å². The zero-order chi connectivity index (χ0) is 11.0. The molecule has 0 aromatic heterocycles. The van der Waals surface area contributed by atoms with E-state index in [9.17, 15) is 9.59 Å². The van der Waals surface area contributed by atoms with Gasteiger partial charge in [-0.05, 0) is 13.6 Å². The molecule has 0 spiro atoms. The molecule has 0 rings (SSSR count). The zero-order valence-electron chi connectivity index (χ0n) is 9.09. The topological polar surface area (TPSA) is 61.4 Å². The molecule has 0 saturated carbocycles. The molecule has 2 N–H and O–H groups in total. The fraction of sp³-hybridized carbons (Fsp3) is 0.778. The number of carbonyl (C=O) groups excluding carboxylic acids is 2. The number of hydrogen-bond acceptors (Lipinski definition) is 4. The van der Waals surface area contributed by atoms with E-state index in [1.807, 2.05) is 6.92 Å². The van der Waals surface area contributed by atoms with E-state index in [1.165, 1.54) is 7.05 Å². The Morgan fingerprint density at radius 3 is 2.43 bits per heavy atom. The molecule has 14 heavy (non-hydrogen) atoms. The molecule has 0 saturated heterocycles. The Balaban J connectivity index is 3.80. The van der Waals surface area contributed by atoms with Crippen LogP contribution in [0, 0.1) is 0 Å². The van der Waals surface area contributed by atoms with Crippen molar-refractivity contribution in [1.82, 2.24) is 15.5 Å². The maximum Gasteiger partial charge on any atom is 0.242 e. The van der Waals surface area contributed by atoms with Gasteiger partial charge in [-0.3, -0.25) is 14.5 Å². The van der Waals surface area contributed by atoms with Crippen molar-refractivity contribution < 1.29 is 9.59 Å². The second-order valence-corrected chi connectivity index (χ2v) is 2.98. The number of likely N-dealkylation sites (N-methyl/N-ethyl adjacent to an activating group) is 2. The summed E-state index contributed by atoms with van der Waals surface area (Å²) in [6.07, 6.45) is 0.361. The van der Waals surface area contributed by atoms with Crippen LogP contribution in [0.15, 0.2) is 0 Å². The van der Waals surface area contributed by atoms with Crippen LogP contribution in [0.4, 0.5) is 0 Å². The molecule has 2 amide bonds. The minimum Gasteiger partial charge on any atom is -0.316 e. The molecule has 0 aliphatic rings. The largest absolute Gasteiger partial charge is 0.316 e. The summed E-state index contributed by atoms with van der Waals surface area (Å²) in [6, 6.07) is 0. The number of imide groups is 1. The monoisotopic (exact) mass is 201 g/mol. The Kier molecular flexibility index (Phi) is 6.96. The van der Waals surface area contributed by atoms with Crippen molar-refractivity contribution in [2.45, 2.75) is 13.3 Å². The van der Waals surface area contributed by atoms with E-state index in [2.05, 4.69) is 10.6 Å². The van der Waals surface area contributed by atoms with Crippen LogP contribution in [0.2, 0.25) is 0 Å². The molecule has 0 unspecified atom stereocenters. The lowest BCUT2D eigenvalue weighted by Crippen LogP contribution is -2.39. The van der Waals surface area contributed by atoms with Gasteiger partial charge in [-0.2, -0.15) is 0 Å². The normalized spacial score (nSPS) is 9.93. The van der Waals surface area contributed by atoms with Crippen LogP contribution in [-0.2, 0) is 9.59 Å². The van der Waals surface area contributed by atoms with Gasteiger partial charge in [0.1, 0.15) is 0 Å². The summed E-state index contributed by atoms with van der Waals surface area (Å²) < 4.78 is 0. The van der Waals surface area contributed by atoms with Crippen LogP contribution in [0.1, 0.15) is 13.3 Å². The number of amides is 2. The van der Waals surface area contributed by atoms with Gasteiger partial charge < -0.3 is 10.6 Å². The first-order valence-corrected chi connectivity index (χ1v) is 4.78. The van der Waals surface area contributed by atoms with E-state index in [0.717, 1.165) is 11.4 Å². The zero-order valence-corrected chi connectivity index (χ0v) is 9.09. The van der Waals surface area contributed by atoms with Crippen molar-refractivity contribution in [2.24, 2.45) is 0 Å². The van der Waals surface area contributed by atoms with E-state index in [4.69, 9.17) is 0 Å². The molecule has 0 aromatic rings. The summed E-state index contributed by atoms with van der Waals surface area (Å²) in [5.41, 5.74) is 0. The Bertz CT molecular complexity index is 194. The third kappa shape index (κ3) is 4.94. The first-order valence-electron chi connectivity index (χ1n) is 4.78. The van der Waals surface area contributed by atoms with Gasteiger partial charge in [-0.15, -0.1) is 0 Å². The van der Waals surface area contributed by atoms with E-state index < -0.39 is 0 Å². The summed E-state index contributed by atoms with van der Waals surface area (Å²) in [6.45, 7) is 3.62. The van der Waals surface area contributed by atoms with E-state index >= 15 is 0 Å². The molecular weight excluding hydrogens is 182 g/mol. The Morgan fingerprint density at radius 2 is 1.93 bits per heavy atom. The third-order valence-corrected chi connectivity index (χ3v) is 1.84. The van der Waals surface area contributed by atoms with Gasteiger partial charge in [0.15, 0.2) is 0 Å². The number of nitrogens with one attached hydrogen (secondary N) is 2. The smallest absolute Gasteiger partial charge is 0.242 e. The fourth-order valence-corrected chi connectivity index (χ4v) is 0.949. The molecule has 0 radical (unpaired) electrons. The van der Waals surface area contributed by atoms with Crippen molar-refractivity contribution in [1.29, 1.82) is 0 Å².